The van der Waals surface area contributed by atoms with Gasteiger partial charge in [0.2, 0.25) is 0 Å². The summed E-state index contributed by atoms with van der Waals surface area (Å²) in [5, 5.41) is 12.4. The Balaban J connectivity index is 2.72. The van der Waals surface area contributed by atoms with Crippen molar-refractivity contribution in [2.75, 3.05) is 0 Å². The van der Waals surface area contributed by atoms with Crippen molar-refractivity contribution < 1.29 is 0 Å². The van der Waals surface area contributed by atoms with Crippen molar-refractivity contribution in [2.45, 2.75) is 19.9 Å². The Labute approximate surface area is 73.8 Å². The van der Waals surface area contributed by atoms with E-state index in [2.05, 4.69) is 27.1 Å². The van der Waals surface area contributed by atoms with Crippen LogP contribution in [0.1, 0.15) is 12.0 Å². The molecule has 0 saturated carbocycles. The van der Waals surface area contributed by atoms with Crippen LogP contribution in [0.25, 0.3) is 0 Å². The van der Waals surface area contributed by atoms with Crippen molar-refractivity contribution in [3.8, 4) is 6.07 Å². The van der Waals surface area contributed by atoms with Gasteiger partial charge in [0.25, 0.3) is 0 Å². The van der Waals surface area contributed by atoms with Crippen molar-refractivity contribution in [3.63, 3.8) is 0 Å². The summed E-state index contributed by atoms with van der Waals surface area (Å²) in [5.41, 5.74) is 1.10. The number of rotatable bonds is 2. The smallest absolute Gasteiger partial charge is 0.107 e. The molecule has 0 aliphatic carbocycles. The molecule has 11 heavy (non-hydrogen) atoms. The molecule has 0 aliphatic rings. The first-order chi connectivity index (χ1) is 5.25. The van der Waals surface area contributed by atoms with Gasteiger partial charge in [0.05, 0.1) is 25.2 Å². The minimum Gasteiger partial charge on any atom is -0.257 e. The molecule has 4 heteroatoms. The highest BCUT2D eigenvalue weighted by Crippen LogP contribution is 2.14. The third kappa shape index (κ3) is 1.81. The van der Waals surface area contributed by atoms with Gasteiger partial charge >= 0.3 is 0 Å². The van der Waals surface area contributed by atoms with E-state index >= 15 is 0 Å². The van der Waals surface area contributed by atoms with Crippen LogP contribution in [0, 0.1) is 18.3 Å². The van der Waals surface area contributed by atoms with Crippen molar-refractivity contribution >= 4 is 15.9 Å². The van der Waals surface area contributed by atoms with Crippen LogP contribution in [0.5, 0.6) is 0 Å². The largest absolute Gasteiger partial charge is 0.257 e. The zero-order valence-corrected chi connectivity index (χ0v) is 7.80. The summed E-state index contributed by atoms with van der Waals surface area (Å²) in [6.07, 6.45) is 2.28. The lowest BCUT2D eigenvalue weighted by Crippen LogP contribution is -1.98. The maximum absolute atomic E-state index is 8.32. The molecule has 1 rings (SSSR count). The summed E-state index contributed by atoms with van der Waals surface area (Å²) in [5.74, 6) is 0. The summed E-state index contributed by atoms with van der Waals surface area (Å²) < 4.78 is 2.74. The fourth-order valence-electron chi connectivity index (χ4n) is 0.776. The third-order valence-corrected chi connectivity index (χ3v) is 2.41. The highest BCUT2D eigenvalue weighted by molar-refractivity contribution is 9.10. The Morgan fingerprint density at radius 1 is 1.82 bits per heavy atom. The van der Waals surface area contributed by atoms with E-state index < -0.39 is 0 Å². The van der Waals surface area contributed by atoms with Gasteiger partial charge in [-0.2, -0.15) is 10.4 Å². The van der Waals surface area contributed by atoms with Crippen LogP contribution in [0.4, 0.5) is 0 Å². The predicted molar refractivity (Wildman–Crippen MR) is 44.9 cm³/mol. The first kappa shape index (κ1) is 8.28. The van der Waals surface area contributed by atoms with E-state index in [-0.39, 0.29) is 0 Å². The molecule has 0 radical (unpaired) electrons. The van der Waals surface area contributed by atoms with Crippen LogP contribution < -0.4 is 0 Å². The quantitative estimate of drug-likeness (QED) is 0.753. The van der Waals surface area contributed by atoms with Crippen LogP contribution >= 0.6 is 15.9 Å². The molecular weight excluding hydrogens is 206 g/mol. The van der Waals surface area contributed by atoms with Crippen LogP contribution in [0.15, 0.2) is 10.8 Å². The maximum Gasteiger partial charge on any atom is 0.107 e. The van der Waals surface area contributed by atoms with Gasteiger partial charge in [-0.1, -0.05) is 0 Å². The zero-order chi connectivity index (χ0) is 8.27. The second-order valence-corrected chi connectivity index (χ2v) is 3.00. The van der Waals surface area contributed by atoms with Gasteiger partial charge in [0.1, 0.15) is 4.60 Å². The minimum atomic E-state index is 0.500. The molecule has 0 bridgehead atoms. The van der Waals surface area contributed by atoms with Crippen molar-refractivity contribution in [1.82, 2.24) is 9.78 Å². The summed E-state index contributed by atoms with van der Waals surface area (Å²) >= 11 is 3.37. The molecule has 0 aliphatic heterocycles. The average molecular weight is 214 g/mol. The predicted octanol–water partition coefficient (Wildman–Crippen LogP) is 1.87. The van der Waals surface area contributed by atoms with Gasteiger partial charge < -0.3 is 0 Å². The normalized spacial score (nSPS) is 9.55. The minimum absolute atomic E-state index is 0.500. The molecular formula is C7H8BrN3. The van der Waals surface area contributed by atoms with Crippen LogP contribution in [0.2, 0.25) is 0 Å². The molecule has 0 unspecified atom stereocenters. The fraction of sp³-hybridized carbons (Fsp3) is 0.429. The number of halogens is 1. The zero-order valence-electron chi connectivity index (χ0n) is 6.21. The van der Waals surface area contributed by atoms with E-state index in [4.69, 9.17) is 5.26 Å². The lowest BCUT2D eigenvalue weighted by molar-refractivity contribution is 0.614. The van der Waals surface area contributed by atoms with Crippen molar-refractivity contribution in [3.05, 3.63) is 16.4 Å². The summed E-state index contributed by atoms with van der Waals surface area (Å²) in [6.45, 7) is 2.63. The first-order valence-corrected chi connectivity index (χ1v) is 4.10. The van der Waals surface area contributed by atoms with Crippen molar-refractivity contribution in [1.29, 1.82) is 5.26 Å². The SMILES string of the molecule is Cc1cnn(CCC#N)c1Br. The Morgan fingerprint density at radius 2 is 2.55 bits per heavy atom. The highest BCUT2D eigenvalue weighted by atomic mass is 79.9. The number of aryl methyl sites for hydroxylation is 2. The fourth-order valence-corrected chi connectivity index (χ4v) is 1.15. The summed E-state index contributed by atoms with van der Waals surface area (Å²) in [4.78, 5) is 0. The molecule has 0 aromatic carbocycles. The molecule has 1 heterocycles. The second-order valence-electron chi connectivity index (χ2n) is 2.25. The highest BCUT2D eigenvalue weighted by Gasteiger charge is 2.01. The molecule has 0 fully saturated rings. The Kier molecular flexibility index (Phi) is 2.66. The van der Waals surface area contributed by atoms with E-state index in [9.17, 15) is 0 Å². The molecule has 0 saturated heterocycles. The number of aromatic nitrogens is 2. The van der Waals surface area contributed by atoms with E-state index in [1.807, 2.05) is 6.92 Å². The van der Waals surface area contributed by atoms with Gasteiger partial charge in [-0.15, -0.1) is 0 Å². The van der Waals surface area contributed by atoms with Gasteiger partial charge in [-0.3, -0.25) is 4.68 Å². The Bertz CT molecular complexity index is 284. The van der Waals surface area contributed by atoms with Crippen LogP contribution in [-0.2, 0) is 6.54 Å². The molecule has 0 amide bonds. The van der Waals surface area contributed by atoms with Crippen molar-refractivity contribution in [2.24, 2.45) is 0 Å². The maximum atomic E-state index is 8.32. The number of hydrogen-bond acceptors (Lipinski definition) is 2. The first-order valence-electron chi connectivity index (χ1n) is 3.30. The number of nitriles is 1. The third-order valence-electron chi connectivity index (χ3n) is 1.38. The van der Waals surface area contributed by atoms with Gasteiger partial charge in [0, 0.05) is 5.56 Å². The molecule has 0 N–H and O–H groups in total. The van der Waals surface area contributed by atoms with E-state index in [0.29, 0.717) is 13.0 Å². The molecule has 1 aromatic heterocycles. The van der Waals surface area contributed by atoms with Gasteiger partial charge in [-0.05, 0) is 22.9 Å². The molecule has 1 aromatic rings. The Hall–Kier alpha value is -0.820. The lowest BCUT2D eigenvalue weighted by Gasteiger charge is -1.97. The molecule has 3 nitrogen and oxygen atoms in total. The standard InChI is InChI=1S/C7H8BrN3/c1-6-5-10-11(7(6)8)4-2-3-9/h5H,2,4H2,1H3. The van der Waals surface area contributed by atoms with Gasteiger partial charge in [0.15, 0.2) is 0 Å². The second kappa shape index (κ2) is 3.54. The molecule has 58 valence electrons. The molecule has 0 spiro atoms. The van der Waals surface area contributed by atoms with E-state index in [0.717, 1.165) is 10.2 Å². The number of nitrogens with zero attached hydrogens (tertiary/aromatic N) is 3. The van der Waals surface area contributed by atoms with Gasteiger partial charge in [-0.25, -0.2) is 0 Å². The molecule has 0 atom stereocenters. The van der Waals surface area contributed by atoms with Crippen LogP contribution in [0.3, 0.4) is 0 Å². The Morgan fingerprint density at radius 3 is 3.00 bits per heavy atom. The van der Waals surface area contributed by atoms with E-state index in [1.165, 1.54) is 0 Å². The topological polar surface area (TPSA) is 41.6 Å². The van der Waals surface area contributed by atoms with Crippen LogP contribution in [-0.4, -0.2) is 9.78 Å². The monoisotopic (exact) mass is 213 g/mol. The number of hydrogen-bond donors (Lipinski definition) is 0. The van der Waals surface area contributed by atoms with E-state index in [1.54, 1.807) is 10.9 Å². The summed E-state index contributed by atoms with van der Waals surface area (Å²) in [7, 11) is 0. The summed E-state index contributed by atoms with van der Waals surface area (Å²) in [6, 6.07) is 2.07. The average Bonchev–Trinajstić information content (AvgIpc) is 2.31. The lowest BCUT2D eigenvalue weighted by atomic mass is 10.4.